The molecular weight excluding hydrogens is 702 g/mol. The molecule has 282 valence electrons. The summed E-state index contributed by atoms with van der Waals surface area (Å²) in [6, 6.07) is 2.45. The van der Waals surface area contributed by atoms with Crippen LogP contribution in [0.25, 0.3) is 0 Å². The standard InChI is InChI=1S/C36H50ClN3O10S/c1-19-12-11-13-26(47-10)36(45)17-25(48-33(44)38-36)20(2)29-35(6,50-29)30(49-32(43)21(3)39(7)27(41)18-34(4,5)51)31(42)40(8)23-15-22(14-19)16-24(46-9)28(23)37/h11-13,15-16,20-21,25-26,29-30,45,51H,14,17-18H2,1-10H3,(H,38,44)/b13-11+,19-12+. The van der Waals surface area contributed by atoms with Crippen molar-refractivity contribution in [3.63, 3.8) is 0 Å². The summed E-state index contributed by atoms with van der Waals surface area (Å²) in [5.41, 5.74) is -1.27. The van der Waals surface area contributed by atoms with Gasteiger partial charge in [0.15, 0.2) is 5.72 Å². The molecule has 0 aliphatic carbocycles. The third-order valence-electron chi connectivity index (χ3n) is 9.79. The van der Waals surface area contributed by atoms with Crippen molar-refractivity contribution >= 4 is 53.8 Å². The molecule has 3 aliphatic heterocycles. The summed E-state index contributed by atoms with van der Waals surface area (Å²) in [4.78, 5) is 56.7. The van der Waals surface area contributed by atoms with E-state index in [1.807, 2.05) is 13.0 Å². The lowest BCUT2D eigenvalue weighted by Gasteiger charge is -2.42. The van der Waals surface area contributed by atoms with E-state index >= 15 is 0 Å². The van der Waals surface area contributed by atoms with E-state index in [2.05, 4.69) is 17.9 Å². The zero-order valence-electron chi connectivity index (χ0n) is 30.8. The maximum Gasteiger partial charge on any atom is 0.409 e. The number of hydrogen-bond acceptors (Lipinski definition) is 11. The molecule has 8 atom stereocenters. The van der Waals surface area contributed by atoms with Crippen molar-refractivity contribution < 1.29 is 48.0 Å². The van der Waals surface area contributed by atoms with E-state index in [-0.39, 0.29) is 23.8 Å². The number of alkyl carbamates (subject to hydrolysis) is 1. The van der Waals surface area contributed by atoms with Crippen molar-refractivity contribution in [2.45, 2.75) is 107 Å². The van der Waals surface area contributed by atoms with Gasteiger partial charge in [0.2, 0.25) is 12.0 Å². The minimum absolute atomic E-state index is 0.0577. The van der Waals surface area contributed by atoms with Crippen LogP contribution in [0.3, 0.4) is 0 Å². The Bertz CT molecular complexity index is 1600. The number of nitrogens with zero attached hydrogens (tertiary/aromatic N) is 2. The summed E-state index contributed by atoms with van der Waals surface area (Å²) in [7, 11) is 5.88. The molecule has 3 aliphatic rings. The van der Waals surface area contributed by atoms with Gasteiger partial charge in [0.05, 0.1) is 18.9 Å². The van der Waals surface area contributed by atoms with Gasteiger partial charge in [-0.25, -0.2) is 9.59 Å². The number of esters is 1. The van der Waals surface area contributed by atoms with Crippen LogP contribution in [-0.4, -0.2) is 109 Å². The lowest BCUT2D eigenvalue weighted by molar-refractivity contribution is -0.165. The molecule has 15 heteroatoms. The first-order chi connectivity index (χ1) is 23.6. The molecule has 13 nitrogen and oxygen atoms in total. The first-order valence-corrected chi connectivity index (χ1v) is 17.6. The number of aliphatic hydroxyl groups is 1. The number of fused-ring (bicyclic) bond motifs is 5. The highest BCUT2D eigenvalue weighted by atomic mass is 35.5. The smallest absolute Gasteiger partial charge is 0.409 e. The Kier molecular flexibility index (Phi) is 12.2. The van der Waals surface area contributed by atoms with Crippen LogP contribution >= 0.6 is 24.2 Å². The van der Waals surface area contributed by atoms with Gasteiger partial charge < -0.3 is 38.6 Å². The maximum atomic E-state index is 14.6. The van der Waals surface area contributed by atoms with E-state index in [1.54, 1.807) is 52.0 Å². The Morgan fingerprint density at radius 2 is 1.94 bits per heavy atom. The predicted octanol–water partition coefficient (Wildman–Crippen LogP) is 4.22. The number of ether oxygens (including phenoxy) is 5. The number of halogens is 1. The molecule has 2 fully saturated rings. The topological polar surface area (TPSA) is 156 Å². The molecule has 0 spiro atoms. The minimum atomic E-state index is -1.84. The molecule has 1 aromatic carbocycles. The van der Waals surface area contributed by atoms with Gasteiger partial charge in [-0.05, 0) is 44.9 Å². The third kappa shape index (κ3) is 8.85. The average molecular weight is 752 g/mol. The number of amides is 3. The van der Waals surface area contributed by atoms with E-state index < -0.39 is 70.4 Å². The molecule has 8 unspecified atom stereocenters. The van der Waals surface area contributed by atoms with Crippen molar-refractivity contribution in [3.8, 4) is 5.75 Å². The normalized spacial score (nSPS) is 32.1. The van der Waals surface area contributed by atoms with E-state index in [9.17, 15) is 24.3 Å². The van der Waals surface area contributed by atoms with Crippen molar-refractivity contribution in [3.05, 3.63) is 46.5 Å². The number of thiol groups is 1. The first kappa shape index (κ1) is 40.5. The van der Waals surface area contributed by atoms with E-state index in [4.69, 9.17) is 35.3 Å². The zero-order valence-corrected chi connectivity index (χ0v) is 32.5. The van der Waals surface area contributed by atoms with Gasteiger partial charge in [0, 0.05) is 44.7 Å². The second kappa shape index (κ2) is 15.4. The largest absolute Gasteiger partial charge is 0.495 e. The molecule has 0 saturated carbocycles. The fourth-order valence-electron chi connectivity index (χ4n) is 6.56. The molecule has 4 bridgehead atoms. The fraction of sp³-hybridized carbons (Fsp3) is 0.611. The van der Waals surface area contributed by atoms with Gasteiger partial charge in [-0.1, -0.05) is 56.2 Å². The van der Waals surface area contributed by atoms with Crippen LogP contribution in [0, 0.1) is 5.92 Å². The Balaban J connectivity index is 1.80. The number of carbonyl (C=O) groups excluding carboxylic acids is 4. The second-order valence-electron chi connectivity index (χ2n) is 14.5. The molecule has 0 aromatic heterocycles. The molecule has 0 radical (unpaired) electrons. The molecule has 1 aromatic rings. The quantitative estimate of drug-likeness (QED) is 0.210. The van der Waals surface area contributed by atoms with Crippen molar-refractivity contribution in [2.75, 3.05) is 33.2 Å². The monoisotopic (exact) mass is 751 g/mol. The molecule has 3 amide bonds. The Hall–Kier alpha value is -3.30. The van der Waals surface area contributed by atoms with E-state index in [0.29, 0.717) is 17.9 Å². The van der Waals surface area contributed by atoms with Crippen molar-refractivity contribution in [1.82, 2.24) is 10.2 Å². The second-order valence-corrected chi connectivity index (χ2v) is 16.1. The van der Waals surface area contributed by atoms with Crippen LogP contribution in [0.4, 0.5) is 10.5 Å². The average Bonchev–Trinajstić information content (AvgIpc) is 3.74. The molecule has 4 rings (SSSR count). The highest BCUT2D eigenvalue weighted by molar-refractivity contribution is 7.81. The highest BCUT2D eigenvalue weighted by Crippen LogP contribution is 2.49. The van der Waals surface area contributed by atoms with Gasteiger partial charge in [-0.3, -0.25) is 14.9 Å². The highest BCUT2D eigenvalue weighted by Gasteiger charge is 2.66. The number of carbonyl (C=O) groups is 4. The van der Waals surface area contributed by atoms with Crippen LogP contribution in [0.1, 0.15) is 59.9 Å². The lowest BCUT2D eigenvalue weighted by atomic mass is 9.84. The van der Waals surface area contributed by atoms with Gasteiger partial charge in [-0.2, -0.15) is 12.6 Å². The number of allylic oxidation sites excluding steroid dienone is 3. The van der Waals surface area contributed by atoms with Crippen LogP contribution in [0.2, 0.25) is 5.02 Å². The summed E-state index contributed by atoms with van der Waals surface area (Å²) in [5.74, 6) is -2.10. The van der Waals surface area contributed by atoms with Gasteiger partial charge >= 0.3 is 12.1 Å². The fourth-order valence-corrected chi connectivity index (χ4v) is 7.01. The summed E-state index contributed by atoms with van der Waals surface area (Å²) in [6.45, 7) is 10.4. The number of rotatable bonds is 7. The van der Waals surface area contributed by atoms with E-state index in [1.165, 1.54) is 45.0 Å². The van der Waals surface area contributed by atoms with Gasteiger partial charge in [0.1, 0.15) is 34.6 Å². The zero-order chi connectivity index (χ0) is 38.2. The Morgan fingerprint density at radius 1 is 1.27 bits per heavy atom. The third-order valence-corrected chi connectivity index (χ3v) is 10.3. The van der Waals surface area contributed by atoms with Gasteiger partial charge in [-0.15, -0.1) is 0 Å². The minimum Gasteiger partial charge on any atom is -0.495 e. The number of likely N-dealkylation sites (N-methyl/N-ethyl adjacent to an activating group) is 2. The predicted molar refractivity (Wildman–Crippen MR) is 194 cm³/mol. The molecule has 2 saturated heterocycles. The number of anilines is 1. The summed E-state index contributed by atoms with van der Waals surface area (Å²) >= 11 is 11.2. The van der Waals surface area contributed by atoms with Crippen molar-refractivity contribution in [2.24, 2.45) is 5.92 Å². The summed E-state index contributed by atoms with van der Waals surface area (Å²) in [5, 5.41) is 14.3. The van der Waals surface area contributed by atoms with Gasteiger partial charge in [0.25, 0.3) is 5.91 Å². The molecule has 2 N–H and O–H groups in total. The van der Waals surface area contributed by atoms with E-state index in [0.717, 1.165) is 11.1 Å². The molecule has 3 heterocycles. The molecule has 51 heavy (non-hydrogen) atoms. The summed E-state index contributed by atoms with van der Waals surface area (Å²) in [6.07, 6.45) is 0.638. The van der Waals surface area contributed by atoms with Crippen molar-refractivity contribution in [1.29, 1.82) is 0 Å². The molecular formula is C36H50ClN3O10S. The SMILES string of the molecule is COc1cc2cc(c1Cl)N(C)C(=O)C(OC(=O)C(C)N(C)C(=O)CC(C)(C)S)C1(C)OC1C(C)C1CC(O)(NC(=O)O1)C(OC)/C=C/C=C(\C)C2. The summed E-state index contributed by atoms with van der Waals surface area (Å²) < 4.78 is 28.4. The number of nitrogens with one attached hydrogen (secondary N) is 1. The maximum absolute atomic E-state index is 14.6. The van der Waals surface area contributed by atoms with Crippen LogP contribution in [-0.2, 0) is 39.8 Å². The van der Waals surface area contributed by atoms with Crippen LogP contribution in [0.15, 0.2) is 35.9 Å². The van der Waals surface area contributed by atoms with Crippen LogP contribution in [0.5, 0.6) is 5.75 Å². The number of methoxy groups -OCH3 is 2. The first-order valence-electron chi connectivity index (χ1n) is 16.7. The Morgan fingerprint density at radius 3 is 2.55 bits per heavy atom. The number of benzene rings is 1. The lowest BCUT2D eigenvalue weighted by Crippen LogP contribution is -2.63. The van der Waals surface area contributed by atoms with Crippen LogP contribution < -0.4 is 15.0 Å². The number of epoxide rings is 1. The number of hydrogen-bond donors (Lipinski definition) is 3. The Labute approximate surface area is 310 Å².